The van der Waals surface area contributed by atoms with Crippen LogP contribution in [0.5, 0.6) is 0 Å². The first-order valence-electron chi connectivity index (χ1n) is 5.18. The van der Waals surface area contributed by atoms with E-state index in [1.807, 2.05) is 13.8 Å². The largest absolute Gasteiger partial charge is 0.464 e. The molecule has 0 bridgehead atoms. The van der Waals surface area contributed by atoms with Crippen molar-refractivity contribution in [3.63, 3.8) is 0 Å². The Balaban J connectivity index is 4.69. The zero-order valence-electron chi connectivity index (χ0n) is 9.90. The zero-order valence-corrected chi connectivity index (χ0v) is 9.90. The molecule has 0 saturated heterocycles. The maximum atomic E-state index is 11.5. The summed E-state index contributed by atoms with van der Waals surface area (Å²) in [5.74, 6) is -0.649. The summed E-state index contributed by atoms with van der Waals surface area (Å²) in [6.07, 6.45) is -0.775. The first-order valence-corrected chi connectivity index (χ1v) is 5.18. The van der Waals surface area contributed by atoms with Crippen LogP contribution in [-0.4, -0.2) is 36.2 Å². The lowest BCUT2D eigenvalue weighted by molar-refractivity contribution is -0.149. The van der Waals surface area contributed by atoms with Gasteiger partial charge in [-0.05, 0) is 18.4 Å². The number of ether oxygens (including phenoxy) is 1. The molecular weight excluding hydrogens is 210 g/mol. The number of rotatable bonds is 7. The summed E-state index contributed by atoms with van der Waals surface area (Å²) in [6, 6.07) is -1.09. The third-order valence-electron chi connectivity index (χ3n) is 2.23. The second-order valence-electron chi connectivity index (χ2n) is 3.69. The topological polar surface area (TPSA) is 75.6 Å². The molecule has 5 heteroatoms. The molecule has 0 aliphatic rings. The summed E-state index contributed by atoms with van der Waals surface area (Å²) >= 11 is 0. The molecule has 5 nitrogen and oxygen atoms in total. The average Bonchev–Trinajstić information content (AvgIpc) is 2.24. The van der Waals surface area contributed by atoms with Crippen LogP contribution in [0.25, 0.3) is 0 Å². The van der Waals surface area contributed by atoms with Crippen LogP contribution in [0.3, 0.4) is 0 Å². The third-order valence-corrected chi connectivity index (χ3v) is 2.23. The molecule has 0 aromatic rings. The van der Waals surface area contributed by atoms with Gasteiger partial charge in [0, 0.05) is 0 Å². The van der Waals surface area contributed by atoms with Crippen LogP contribution < -0.4 is 5.32 Å². The molecule has 1 amide bonds. The van der Waals surface area contributed by atoms with Crippen LogP contribution in [0, 0.1) is 5.92 Å². The normalized spacial score (nSPS) is 14.1. The summed E-state index contributed by atoms with van der Waals surface area (Å²) in [5.41, 5.74) is 0.479. The summed E-state index contributed by atoms with van der Waals surface area (Å²) in [4.78, 5) is 21.8. The van der Waals surface area contributed by atoms with Crippen molar-refractivity contribution >= 4 is 12.4 Å². The highest BCUT2D eigenvalue weighted by Gasteiger charge is 2.30. The second kappa shape index (κ2) is 7.00. The predicted octanol–water partition coefficient (Wildman–Crippen LogP) is 0.237. The van der Waals surface area contributed by atoms with Crippen molar-refractivity contribution in [2.45, 2.75) is 32.9 Å². The molecule has 92 valence electrons. The van der Waals surface area contributed by atoms with Crippen molar-refractivity contribution in [3.8, 4) is 0 Å². The number of carbonyl (C=O) groups is 2. The van der Waals surface area contributed by atoms with E-state index < -0.39 is 18.1 Å². The molecule has 2 atom stereocenters. The van der Waals surface area contributed by atoms with Gasteiger partial charge in [0.05, 0.1) is 6.61 Å². The van der Waals surface area contributed by atoms with Crippen molar-refractivity contribution in [3.05, 3.63) is 12.2 Å². The van der Waals surface area contributed by atoms with E-state index in [0.29, 0.717) is 12.0 Å². The van der Waals surface area contributed by atoms with Crippen LogP contribution in [0.1, 0.15) is 20.8 Å². The van der Waals surface area contributed by atoms with E-state index in [9.17, 15) is 14.7 Å². The summed E-state index contributed by atoms with van der Waals surface area (Å²) in [6.45, 7) is 9.21. The van der Waals surface area contributed by atoms with Crippen molar-refractivity contribution < 1.29 is 19.4 Å². The van der Waals surface area contributed by atoms with Crippen molar-refractivity contribution in [1.29, 1.82) is 0 Å². The van der Waals surface area contributed by atoms with Gasteiger partial charge in [-0.15, -0.1) is 0 Å². The van der Waals surface area contributed by atoms with E-state index in [-0.39, 0.29) is 12.5 Å². The van der Waals surface area contributed by atoms with Gasteiger partial charge in [0.25, 0.3) is 0 Å². The molecule has 0 radical (unpaired) electrons. The van der Waals surface area contributed by atoms with Gasteiger partial charge in [0.1, 0.15) is 6.10 Å². The molecule has 0 rings (SSSR count). The van der Waals surface area contributed by atoms with Crippen LogP contribution in [-0.2, 0) is 14.3 Å². The Morgan fingerprint density at radius 1 is 1.56 bits per heavy atom. The van der Waals surface area contributed by atoms with E-state index in [1.54, 1.807) is 6.92 Å². The lowest BCUT2D eigenvalue weighted by Gasteiger charge is -2.24. The predicted molar refractivity (Wildman–Crippen MR) is 59.6 cm³/mol. The molecule has 0 aromatic heterocycles. The number of hydrogen-bond donors (Lipinski definition) is 2. The number of nitrogens with one attached hydrogen (secondary N) is 1. The van der Waals surface area contributed by atoms with E-state index in [4.69, 9.17) is 4.74 Å². The summed E-state index contributed by atoms with van der Waals surface area (Å²) in [5, 5.41) is 12.1. The number of amides is 1. The van der Waals surface area contributed by atoms with Gasteiger partial charge in [-0.1, -0.05) is 20.4 Å². The van der Waals surface area contributed by atoms with Crippen molar-refractivity contribution in [2.24, 2.45) is 5.92 Å². The Bertz CT molecular complexity index is 263. The van der Waals surface area contributed by atoms with Gasteiger partial charge in [-0.25, -0.2) is 4.79 Å². The second-order valence-corrected chi connectivity index (χ2v) is 3.69. The Kier molecular flexibility index (Phi) is 6.41. The lowest BCUT2D eigenvalue weighted by atomic mass is 9.94. The molecule has 2 unspecified atom stereocenters. The molecule has 0 aliphatic carbocycles. The molecule has 0 heterocycles. The minimum atomic E-state index is -1.13. The van der Waals surface area contributed by atoms with E-state index in [1.165, 1.54) is 0 Å². The number of aliphatic hydroxyl groups excluding tert-OH is 1. The SMILES string of the molecule is C=C(C(C)C)C(O)C(NC=O)C(=O)OCC. The Morgan fingerprint density at radius 2 is 2.12 bits per heavy atom. The lowest BCUT2D eigenvalue weighted by Crippen LogP contribution is -2.47. The third kappa shape index (κ3) is 4.02. The maximum absolute atomic E-state index is 11.5. The van der Waals surface area contributed by atoms with E-state index in [2.05, 4.69) is 11.9 Å². The molecule has 0 saturated carbocycles. The number of hydrogen-bond acceptors (Lipinski definition) is 4. The molecule has 2 N–H and O–H groups in total. The molecule has 0 aliphatic heterocycles. The standard InChI is InChI=1S/C11H19NO4/c1-5-16-11(15)9(12-6-13)10(14)8(4)7(2)3/h6-7,9-10,14H,4-5H2,1-3H3,(H,12,13). The van der Waals surface area contributed by atoms with Crippen molar-refractivity contribution in [2.75, 3.05) is 6.61 Å². The highest BCUT2D eigenvalue weighted by Crippen LogP contribution is 2.15. The molecule has 0 spiro atoms. The fourth-order valence-corrected chi connectivity index (χ4v) is 1.15. The Labute approximate surface area is 95.5 Å². The molecule has 16 heavy (non-hydrogen) atoms. The van der Waals surface area contributed by atoms with Crippen molar-refractivity contribution in [1.82, 2.24) is 5.32 Å². The highest BCUT2D eigenvalue weighted by atomic mass is 16.5. The van der Waals surface area contributed by atoms with Gasteiger partial charge in [-0.2, -0.15) is 0 Å². The summed E-state index contributed by atoms with van der Waals surface area (Å²) in [7, 11) is 0. The summed E-state index contributed by atoms with van der Waals surface area (Å²) < 4.78 is 4.75. The van der Waals surface area contributed by atoms with Gasteiger partial charge in [0.15, 0.2) is 6.04 Å². The zero-order chi connectivity index (χ0) is 12.7. The van der Waals surface area contributed by atoms with Crippen LogP contribution in [0.15, 0.2) is 12.2 Å². The minimum Gasteiger partial charge on any atom is -0.464 e. The monoisotopic (exact) mass is 229 g/mol. The number of carbonyl (C=O) groups excluding carboxylic acids is 2. The minimum absolute atomic E-state index is 0.0142. The van der Waals surface area contributed by atoms with Crippen LogP contribution in [0.4, 0.5) is 0 Å². The first-order chi connectivity index (χ1) is 7.45. The average molecular weight is 229 g/mol. The van der Waals surface area contributed by atoms with Gasteiger partial charge >= 0.3 is 5.97 Å². The van der Waals surface area contributed by atoms with Crippen LogP contribution >= 0.6 is 0 Å². The highest BCUT2D eigenvalue weighted by molar-refractivity contribution is 5.79. The number of aliphatic hydroxyl groups is 1. The Hall–Kier alpha value is -1.36. The molecular formula is C11H19NO4. The number of esters is 1. The fourth-order valence-electron chi connectivity index (χ4n) is 1.15. The first kappa shape index (κ1) is 14.6. The fraction of sp³-hybridized carbons (Fsp3) is 0.636. The maximum Gasteiger partial charge on any atom is 0.331 e. The van der Waals surface area contributed by atoms with E-state index >= 15 is 0 Å². The van der Waals surface area contributed by atoms with Crippen LogP contribution in [0.2, 0.25) is 0 Å². The van der Waals surface area contributed by atoms with Gasteiger partial charge in [0.2, 0.25) is 6.41 Å². The smallest absolute Gasteiger partial charge is 0.331 e. The Morgan fingerprint density at radius 3 is 2.50 bits per heavy atom. The van der Waals surface area contributed by atoms with E-state index in [0.717, 1.165) is 0 Å². The molecule has 0 aromatic carbocycles. The molecule has 0 fully saturated rings. The quantitative estimate of drug-likeness (QED) is 0.372. The van der Waals surface area contributed by atoms with Gasteiger partial charge < -0.3 is 15.2 Å². The van der Waals surface area contributed by atoms with Gasteiger partial charge in [-0.3, -0.25) is 4.79 Å².